The number of carboxylic acid groups (broad SMARTS) is 1. The average molecular weight is 294 g/mol. The van der Waals surface area contributed by atoms with E-state index >= 15 is 0 Å². The molecule has 0 aliphatic carbocycles. The van der Waals surface area contributed by atoms with Crippen LogP contribution in [-0.2, 0) is 4.79 Å². The molecule has 0 heterocycles. The average Bonchev–Trinajstić information content (AvgIpc) is 2.40. The van der Waals surface area contributed by atoms with Crippen molar-refractivity contribution in [2.45, 2.75) is 33.6 Å². The molecule has 1 N–H and O–H groups in total. The maximum absolute atomic E-state index is 12.2. The molecule has 1 rings (SSSR count). The Hall–Kier alpha value is -2.04. The molecule has 0 saturated heterocycles. The SMILES string of the molecule is CCOc1ccc(C(=O)CC(C)CC(=O)O)cc1OCC. The van der Waals surface area contributed by atoms with Crippen LogP contribution < -0.4 is 9.47 Å². The van der Waals surface area contributed by atoms with E-state index in [0.717, 1.165) is 0 Å². The van der Waals surface area contributed by atoms with Gasteiger partial charge in [0.2, 0.25) is 0 Å². The topological polar surface area (TPSA) is 72.8 Å². The molecule has 21 heavy (non-hydrogen) atoms. The van der Waals surface area contributed by atoms with Gasteiger partial charge in [0.1, 0.15) is 0 Å². The highest BCUT2D eigenvalue weighted by Gasteiger charge is 2.16. The summed E-state index contributed by atoms with van der Waals surface area (Å²) in [5.74, 6) is -0.0348. The number of Topliss-reactive ketones (excluding diaryl/α,β-unsaturated/α-hetero) is 1. The summed E-state index contributed by atoms with van der Waals surface area (Å²) in [5, 5.41) is 8.73. The van der Waals surface area contributed by atoms with Crippen LogP contribution in [0.3, 0.4) is 0 Å². The Labute approximate surface area is 124 Å². The van der Waals surface area contributed by atoms with Crippen LogP contribution in [0.5, 0.6) is 11.5 Å². The largest absolute Gasteiger partial charge is 0.490 e. The molecular formula is C16H22O5. The van der Waals surface area contributed by atoms with E-state index in [0.29, 0.717) is 30.3 Å². The smallest absolute Gasteiger partial charge is 0.303 e. The summed E-state index contributed by atoms with van der Waals surface area (Å²) < 4.78 is 10.9. The molecule has 0 radical (unpaired) electrons. The quantitative estimate of drug-likeness (QED) is 0.708. The molecule has 0 spiro atoms. The summed E-state index contributed by atoms with van der Waals surface area (Å²) in [4.78, 5) is 22.8. The number of benzene rings is 1. The number of hydrogen-bond acceptors (Lipinski definition) is 4. The lowest BCUT2D eigenvalue weighted by atomic mass is 9.97. The van der Waals surface area contributed by atoms with Gasteiger partial charge in [-0.1, -0.05) is 6.92 Å². The highest BCUT2D eigenvalue weighted by Crippen LogP contribution is 2.29. The number of ketones is 1. The van der Waals surface area contributed by atoms with Crippen LogP contribution in [0.1, 0.15) is 44.0 Å². The summed E-state index contributed by atoms with van der Waals surface area (Å²) >= 11 is 0. The standard InChI is InChI=1S/C16H22O5/c1-4-20-14-7-6-12(10-15(14)21-5-2)13(17)8-11(3)9-16(18)19/h6-7,10-11H,4-5,8-9H2,1-3H3,(H,18,19). The molecule has 0 fully saturated rings. The zero-order chi connectivity index (χ0) is 15.8. The Kier molecular flexibility index (Phi) is 6.72. The van der Waals surface area contributed by atoms with E-state index in [9.17, 15) is 9.59 Å². The van der Waals surface area contributed by atoms with Crippen molar-refractivity contribution in [2.24, 2.45) is 5.92 Å². The third kappa shape index (κ3) is 5.45. The van der Waals surface area contributed by atoms with Crippen molar-refractivity contribution in [2.75, 3.05) is 13.2 Å². The van der Waals surface area contributed by atoms with E-state index in [1.807, 2.05) is 13.8 Å². The summed E-state index contributed by atoms with van der Waals surface area (Å²) in [5.41, 5.74) is 0.513. The summed E-state index contributed by atoms with van der Waals surface area (Å²) in [6.07, 6.45) is 0.187. The summed E-state index contributed by atoms with van der Waals surface area (Å²) in [6.45, 7) is 6.49. The molecule has 5 heteroatoms. The first-order valence-electron chi connectivity index (χ1n) is 7.12. The van der Waals surface area contributed by atoms with Crippen molar-refractivity contribution in [3.8, 4) is 11.5 Å². The molecule has 0 bridgehead atoms. The maximum atomic E-state index is 12.2. The first kappa shape index (κ1) is 17.0. The first-order chi connectivity index (χ1) is 9.97. The van der Waals surface area contributed by atoms with Gasteiger partial charge in [0, 0.05) is 18.4 Å². The highest BCUT2D eigenvalue weighted by molar-refractivity contribution is 5.97. The van der Waals surface area contributed by atoms with Crippen molar-refractivity contribution in [1.82, 2.24) is 0 Å². The Morgan fingerprint density at radius 2 is 1.71 bits per heavy atom. The molecule has 0 aliphatic heterocycles. The molecule has 0 saturated carbocycles. The number of carbonyl (C=O) groups excluding carboxylic acids is 1. The van der Waals surface area contributed by atoms with Crippen LogP contribution >= 0.6 is 0 Å². The van der Waals surface area contributed by atoms with E-state index in [4.69, 9.17) is 14.6 Å². The third-order valence-electron chi connectivity index (χ3n) is 2.92. The molecule has 5 nitrogen and oxygen atoms in total. The second kappa shape index (κ2) is 8.29. The van der Waals surface area contributed by atoms with Crippen molar-refractivity contribution in [1.29, 1.82) is 0 Å². The Morgan fingerprint density at radius 3 is 2.29 bits per heavy atom. The van der Waals surface area contributed by atoms with Crippen molar-refractivity contribution < 1.29 is 24.2 Å². The molecule has 0 aliphatic rings. The van der Waals surface area contributed by atoms with Crippen LogP contribution in [0.4, 0.5) is 0 Å². The van der Waals surface area contributed by atoms with Gasteiger partial charge in [-0.25, -0.2) is 0 Å². The number of hydrogen-bond donors (Lipinski definition) is 1. The van der Waals surface area contributed by atoms with Crippen LogP contribution in [0, 0.1) is 5.92 Å². The molecule has 1 atom stereocenters. The highest BCUT2D eigenvalue weighted by atomic mass is 16.5. The van der Waals surface area contributed by atoms with Crippen molar-refractivity contribution in [3.63, 3.8) is 0 Å². The number of rotatable bonds is 9. The molecular weight excluding hydrogens is 272 g/mol. The van der Waals surface area contributed by atoms with Gasteiger partial charge in [-0.3, -0.25) is 9.59 Å². The van der Waals surface area contributed by atoms with Gasteiger partial charge in [0.05, 0.1) is 13.2 Å². The lowest BCUT2D eigenvalue weighted by molar-refractivity contribution is -0.137. The monoisotopic (exact) mass is 294 g/mol. The van der Waals surface area contributed by atoms with Crippen LogP contribution in [0.25, 0.3) is 0 Å². The lowest BCUT2D eigenvalue weighted by Crippen LogP contribution is -2.10. The first-order valence-corrected chi connectivity index (χ1v) is 7.12. The second-order valence-corrected chi connectivity index (χ2v) is 4.86. The van der Waals surface area contributed by atoms with E-state index in [1.54, 1.807) is 25.1 Å². The van der Waals surface area contributed by atoms with Crippen molar-refractivity contribution in [3.05, 3.63) is 23.8 Å². The Bertz CT molecular complexity index is 495. The van der Waals surface area contributed by atoms with E-state index < -0.39 is 5.97 Å². The van der Waals surface area contributed by atoms with Crippen LogP contribution in [-0.4, -0.2) is 30.1 Å². The number of carbonyl (C=O) groups is 2. The third-order valence-corrected chi connectivity index (χ3v) is 2.92. The minimum absolute atomic E-state index is 0.0128. The normalized spacial score (nSPS) is 11.8. The maximum Gasteiger partial charge on any atom is 0.303 e. The van der Waals surface area contributed by atoms with E-state index in [1.165, 1.54) is 0 Å². The van der Waals surface area contributed by atoms with E-state index in [2.05, 4.69) is 0 Å². The predicted octanol–water partition coefficient (Wildman–Crippen LogP) is 3.17. The summed E-state index contributed by atoms with van der Waals surface area (Å²) in [6, 6.07) is 5.05. The lowest BCUT2D eigenvalue weighted by Gasteiger charge is -2.13. The van der Waals surface area contributed by atoms with E-state index in [-0.39, 0.29) is 24.5 Å². The minimum Gasteiger partial charge on any atom is -0.490 e. The molecule has 1 aromatic rings. The number of carboxylic acids is 1. The Balaban J connectivity index is 2.84. The fourth-order valence-corrected chi connectivity index (χ4v) is 2.03. The van der Waals surface area contributed by atoms with Gasteiger partial charge in [-0.15, -0.1) is 0 Å². The molecule has 0 amide bonds. The Morgan fingerprint density at radius 1 is 1.10 bits per heavy atom. The fraction of sp³-hybridized carbons (Fsp3) is 0.500. The zero-order valence-corrected chi connectivity index (χ0v) is 12.7. The number of ether oxygens (including phenoxy) is 2. The van der Waals surface area contributed by atoms with Gasteiger partial charge in [-0.05, 0) is 38.0 Å². The number of aliphatic carboxylic acids is 1. The summed E-state index contributed by atoms with van der Waals surface area (Å²) in [7, 11) is 0. The van der Waals surface area contributed by atoms with Gasteiger partial charge < -0.3 is 14.6 Å². The van der Waals surface area contributed by atoms with Gasteiger partial charge >= 0.3 is 5.97 Å². The fourth-order valence-electron chi connectivity index (χ4n) is 2.03. The van der Waals surface area contributed by atoms with Gasteiger partial charge in [0.25, 0.3) is 0 Å². The van der Waals surface area contributed by atoms with Gasteiger partial charge in [0.15, 0.2) is 17.3 Å². The zero-order valence-electron chi connectivity index (χ0n) is 12.7. The molecule has 1 aromatic carbocycles. The minimum atomic E-state index is -0.892. The predicted molar refractivity (Wildman–Crippen MR) is 79.1 cm³/mol. The second-order valence-electron chi connectivity index (χ2n) is 4.86. The molecule has 116 valence electrons. The van der Waals surface area contributed by atoms with Crippen LogP contribution in [0.2, 0.25) is 0 Å². The van der Waals surface area contributed by atoms with Crippen molar-refractivity contribution >= 4 is 11.8 Å². The molecule has 0 aromatic heterocycles. The van der Waals surface area contributed by atoms with Crippen LogP contribution in [0.15, 0.2) is 18.2 Å². The molecule has 1 unspecified atom stereocenters. The van der Waals surface area contributed by atoms with Gasteiger partial charge in [-0.2, -0.15) is 0 Å².